The molecule has 0 fully saturated rings. The molecule has 4 heteroatoms. The summed E-state index contributed by atoms with van der Waals surface area (Å²) < 4.78 is 0. The van der Waals surface area contributed by atoms with E-state index >= 15 is 0 Å². The Hall–Kier alpha value is -0.480. The number of nitrogens with one attached hydrogen (secondary N) is 1. The maximum absolute atomic E-state index is 4.39. The van der Waals surface area contributed by atoms with Crippen LogP contribution in [-0.4, -0.2) is 36.7 Å². The van der Waals surface area contributed by atoms with E-state index in [0.29, 0.717) is 0 Å². The topological polar surface area (TPSA) is 27.6 Å². The molecule has 3 nitrogen and oxygen atoms in total. The summed E-state index contributed by atoms with van der Waals surface area (Å²) in [7, 11) is 1.98. The van der Waals surface area contributed by atoms with Gasteiger partial charge in [-0.1, -0.05) is 11.8 Å². The number of rotatable bonds is 3. The summed E-state index contributed by atoms with van der Waals surface area (Å²) >= 11 is 1.82. The summed E-state index contributed by atoms with van der Waals surface area (Å²) in [5.41, 5.74) is 0. The van der Waals surface area contributed by atoms with Gasteiger partial charge in [-0.2, -0.15) is 0 Å². The lowest BCUT2D eigenvalue weighted by Crippen LogP contribution is -2.14. The number of fused-ring (bicyclic) bond motifs is 1. The monoisotopic (exact) mass is 183 g/mol. The lowest BCUT2D eigenvalue weighted by molar-refractivity contribution is 0.619. The summed E-state index contributed by atoms with van der Waals surface area (Å²) in [6, 6.07) is 0. The van der Waals surface area contributed by atoms with Gasteiger partial charge in [0, 0.05) is 17.6 Å². The molecule has 0 aromatic carbocycles. The minimum atomic E-state index is 0.970. The number of nitrogens with zero attached hydrogens (tertiary/aromatic N) is 2. The fraction of sp³-hybridized carbons (Fsp3) is 0.625. The maximum atomic E-state index is 4.39. The van der Waals surface area contributed by atoms with E-state index in [9.17, 15) is 0 Å². The number of hydrogen-bond acceptors (Lipinski definition) is 4. The molecule has 0 spiro atoms. The number of hydrogen-bond donors (Lipinski definition) is 1. The van der Waals surface area contributed by atoms with E-state index in [1.165, 1.54) is 10.1 Å². The Morgan fingerprint density at radius 1 is 1.75 bits per heavy atom. The average molecular weight is 183 g/mol. The van der Waals surface area contributed by atoms with Gasteiger partial charge in [0.25, 0.3) is 0 Å². The molecule has 1 N–H and O–H groups in total. The van der Waals surface area contributed by atoms with Gasteiger partial charge in [0.15, 0.2) is 5.17 Å². The largest absolute Gasteiger partial charge is 0.325 e. The van der Waals surface area contributed by atoms with Gasteiger partial charge < -0.3 is 10.2 Å². The SMILES string of the molecule is CNCCC1=CN2CCN=C2S1. The Kier molecular flexibility index (Phi) is 2.37. The zero-order valence-corrected chi connectivity index (χ0v) is 8.02. The van der Waals surface area contributed by atoms with E-state index in [-0.39, 0.29) is 0 Å². The van der Waals surface area contributed by atoms with Crippen LogP contribution < -0.4 is 5.32 Å². The highest BCUT2D eigenvalue weighted by molar-refractivity contribution is 8.17. The molecule has 2 aliphatic rings. The summed E-state index contributed by atoms with van der Waals surface area (Å²) in [5, 5.41) is 4.34. The highest BCUT2D eigenvalue weighted by Crippen LogP contribution is 2.32. The van der Waals surface area contributed by atoms with E-state index in [2.05, 4.69) is 21.4 Å². The summed E-state index contributed by atoms with van der Waals surface area (Å²) in [6.07, 6.45) is 3.35. The van der Waals surface area contributed by atoms with Crippen LogP contribution in [0.5, 0.6) is 0 Å². The molecule has 12 heavy (non-hydrogen) atoms. The quantitative estimate of drug-likeness (QED) is 0.703. The minimum absolute atomic E-state index is 0.970. The normalized spacial score (nSPS) is 20.9. The maximum Gasteiger partial charge on any atom is 0.168 e. The first-order valence-corrected chi connectivity index (χ1v) is 5.06. The van der Waals surface area contributed by atoms with Crippen molar-refractivity contribution >= 4 is 16.9 Å². The molecule has 0 bridgehead atoms. The Bertz CT molecular complexity index is 234. The van der Waals surface area contributed by atoms with Crippen molar-refractivity contribution in [3.05, 3.63) is 11.1 Å². The average Bonchev–Trinajstić information content (AvgIpc) is 2.58. The smallest absolute Gasteiger partial charge is 0.168 e. The van der Waals surface area contributed by atoms with E-state index in [0.717, 1.165) is 26.1 Å². The van der Waals surface area contributed by atoms with Crippen LogP contribution in [0.1, 0.15) is 6.42 Å². The van der Waals surface area contributed by atoms with Gasteiger partial charge in [-0.3, -0.25) is 4.99 Å². The molecule has 2 heterocycles. The van der Waals surface area contributed by atoms with Gasteiger partial charge in [0.2, 0.25) is 0 Å². The third-order valence-electron chi connectivity index (χ3n) is 1.98. The second kappa shape index (κ2) is 3.49. The number of amidine groups is 1. The molecule has 0 atom stereocenters. The summed E-state index contributed by atoms with van der Waals surface area (Å²) in [4.78, 5) is 8.07. The summed E-state index contributed by atoms with van der Waals surface area (Å²) in [5.74, 6) is 0. The van der Waals surface area contributed by atoms with E-state index < -0.39 is 0 Å². The fourth-order valence-corrected chi connectivity index (χ4v) is 2.37. The van der Waals surface area contributed by atoms with Crippen LogP contribution in [-0.2, 0) is 0 Å². The minimum Gasteiger partial charge on any atom is -0.325 e. The van der Waals surface area contributed by atoms with Crippen LogP contribution in [0, 0.1) is 0 Å². The van der Waals surface area contributed by atoms with Crippen LogP contribution >= 0.6 is 11.8 Å². The van der Waals surface area contributed by atoms with Crippen LogP contribution in [0.4, 0.5) is 0 Å². The standard InChI is InChI=1S/C8H13N3S/c1-9-3-2-7-6-11-5-4-10-8(11)12-7/h6,9H,2-5H2,1H3. The van der Waals surface area contributed by atoms with Crippen molar-refractivity contribution < 1.29 is 0 Å². The van der Waals surface area contributed by atoms with Gasteiger partial charge in [-0.25, -0.2) is 0 Å². The Morgan fingerprint density at radius 3 is 3.42 bits per heavy atom. The first-order chi connectivity index (χ1) is 5.90. The first-order valence-electron chi connectivity index (χ1n) is 4.24. The predicted molar refractivity (Wildman–Crippen MR) is 53.2 cm³/mol. The molecule has 66 valence electrons. The van der Waals surface area contributed by atoms with Crippen LogP contribution in [0.3, 0.4) is 0 Å². The van der Waals surface area contributed by atoms with Gasteiger partial charge >= 0.3 is 0 Å². The molecule has 0 amide bonds. The molecule has 0 unspecified atom stereocenters. The number of thioether (sulfide) groups is 1. The Morgan fingerprint density at radius 2 is 2.67 bits per heavy atom. The second-order valence-corrected chi connectivity index (χ2v) is 4.00. The van der Waals surface area contributed by atoms with Gasteiger partial charge in [0.1, 0.15) is 0 Å². The molecule has 0 aromatic heterocycles. The zero-order chi connectivity index (χ0) is 8.39. The molecule has 0 aliphatic carbocycles. The van der Waals surface area contributed by atoms with Crippen LogP contribution in [0.2, 0.25) is 0 Å². The number of aliphatic imine (C=N–C) groups is 1. The molecule has 2 aliphatic heterocycles. The van der Waals surface area contributed by atoms with Crippen LogP contribution in [0.25, 0.3) is 0 Å². The Labute approximate surface area is 76.9 Å². The predicted octanol–water partition coefficient (Wildman–Crippen LogP) is 0.856. The van der Waals surface area contributed by atoms with Crippen molar-refractivity contribution in [2.45, 2.75) is 6.42 Å². The fourth-order valence-electron chi connectivity index (χ4n) is 1.33. The second-order valence-electron chi connectivity index (χ2n) is 2.91. The van der Waals surface area contributed by atoms with Crippen molar-refractivity contribution in [3.8, 4) is 0 Å². The molecule has 0 saturated carbocycles. The third kappa shape index (κ3) is 1.49. The molecule has 0 saturated heterocycles. The van der Waals surface area contributed by atoms with Crippen molar-refractivity contribution in [1.29, 1.82) is 0 Å². The van der Waals surface area contributed by atoms with E-state index in [1.807, 2.05) is 18.8 Å². The van der Waals surface area contributed by atoms with Gasteiger partial charge in [0.05, 0.1) is 6.54 Å². The lowest BCUT2D eigenvalue weighted by Gasteiger charge is -2.04. The highest BCUT2D eigenvalue weighted by Gasteiger charge is 2.23. The van der Waals surface area contributed by atoms with Crippen molar-refractivity contribution in [1.82, 2.24) is 10.2 Å². The molecule has 0 radical (unpaired) electrons. The Balaban J connectivity index is 1.91. The lowest BCUT2D eigenvalue weighted by atomic mass is 10.4. The van der Waals surface area contributed by atoms with Crippen molar-refractivity contribution in [3.63, 3.8) is 0 Å². The molecular weight excluding hydrogens is 170 g/mol. The molecular formula is C8H13N3S. The summed E-state index contributed by atoms with van der Waals surface area (Å²) in [6.45, 7) is 3.10. The van der Waals surface area contributed by atoms with E-state index in [4.69, 9.17) is 0 Å². The van der Waals surface area contributed by atoms with Crippen molar-refractivity contribution in [2.75, 3.05) is 26.7 Å². The van der Waals surface area contributed by atoms with E-state index in [1.54, 1.807) is 0 Å². The van der Waals surface area contributed by atoms with Crippen molar-refractivity contribution in [2.24, 2.45) is 4.99 Å². The van der Waals surface area contributed by atoms with Gasteiger partial charge in [-0.05, 0) is 20.0 Å². The first kappa shape index (κ1) is 8.13. The molecule has 0 aromatic rings. The molecule has 2 rings (SSSR count). The highest BCUT2D eigenvalue weighted by atomic mass is 32.2. The van der Waals surface area contributed by atoms with Gasteiger partial charge in [-0.15, -0.1) is 0 Å². The third-order valence-corrected chi connectivity index (χ3v) is 3.10. The zero-order valence-electron chi connectivity index (χ0n) is 7.21. The van der Waals surface area contributed by atoms with Crippen LogP contribution in [0.15, 0.2) is 16.1 Å².